The van der Waals surface area contributed by atoms with E-state index in [1.165, 1.54) is 38.5 Å². The Hall–Kier alpha value is -0.570. The normalized spacial score (nSPS) is 21.5. The molecule has 0 radical (unpaired) electrons. The summed E-state index contributed by atoms with van der Waals surface area (Å²) in [4.78, 5) is 12.1. The van der Waals surface area contributed by atoms with Crippen molar-refractivity contribution in [2.45, 2.75) is 90.8 Å². The Kier molecular flexibility index (Phi) is 6.31. The first-order valence-electron chi connectivity index (χ1n) is 7.87. The third-order valence-electron chi connectivity index (χ3n) is 4.01. The average Bonchev–Trinajstić information content (AvgIpc) is 2.54. The van der Waals surface area contributed by atoms with Crippen molar-refractivity contribution in [3.8, 4) is 0 Å². The molecule has 0 aromatic heterocycles. The molecule has 112 valence electrons. The molecule has 2 N–H and O–H groups in total. The van der Waals surface area contributed by atoms with Crippen molar-refractivity contribution in [1.29, 1.82) is 0 Å². The molecule has 0 aliphatic heterocycles. The maximum absolute atomic E-state index is 12.1. The molecule has 1 rings (SSSR count). The van der Waals surface area contributed by atoms with E-state index in [9.17, 15) is 4.79 Å². The number of hydrogen-bond acceptors (Lipinski definition) is 2. The van der Waals surface area contributed by atoms with Crippen LogP contribution in [0.5, 0.6) is 0 Å². The molecule has 0 aromatic rings. The Morgan fingerprint density at radius 1 is 1.05 bits per heavy atom. The number of amides is 1. The fraction of sp³-hybridized carbons (Fsp3) is 0.938. The van der Waals surface area contributed by atoms with Gasteiger partial charge in [-0.05, 0) is 53.4 Å². The van der Waals surface area contributed by atoms with E-state index in [1.54, 1.807) is 0 Å². The molecule has 1 fully saturated rings. The van der Waals surface area contributed by atoms with E-state index in [0.29, 0.717) is 6.04 Å². The molecule has 0 bridgehead atoms. The molecule has 3 heteroatoms. The average molecular weight is 268 g/mol. The van der Waals surface area contributed by atoms with E-state index in [2.05, 4.69) is 17.6 Å². The summed E-state index contributed by atoms with van der Waals surface area (Å²) in [6.07, 6.45) is 8.06. The minimum atomic E-state index is -0.154. The predicted molar refractivity (Wildman–Crippen MR) is 81.1 cm³/mol. The third-order valence-corrected chi connectivity index (χ3v) is 4.01. The van der Waals surface area contributed by atoms with Crippen molar-refractivity contribution in [3.63, 3.8) is 0 Å². The van der Waals surface area contributed by atoms with Gasteiger partial charge in [0, 0.05) is 11.6 Å². The number of nitrogens with one attached hydrogen (secondary N) is 2. The molecule has 1 aliphatic carbocycles. The Morgan fingerprint density at radius 2 is 1.58 bits per heavy atom. The van der Waals surface area contributed by atoms with E-state index in [1.807, 2.05) is 27.7 Å². The van der Waals surface area contributed by atoms with Gasteiger partial charge in [0.05, 0.1) is 6.04 Å². The molecule has 0 aromatic carbocycles. The fourth-order valence-corrected chi connectivity index (χ4v) is 2.89. The summed E-state index contributed by atoms with van der Waals surface area (Å²) >= 11 is 0. The second-order valence-electron chi connectivity index (χ2n) is 7.17. The minimum absolute atomic E-state index is 0.105. The third kappa shape index (κ3) is 6.42. The monoisotopic (exact) mass is 268 g/mol. The van der Waals surface area contributed by atoms with Crippen LogP contribution >= 0.6 is 0 Å². The maximum atomic E-state index is 12.1. The van der Waals surface area contributed by atoms with Crippen LogP contribution in [0.25, 0.3) is 0 Å². The molecule has 1 unspecified atom stereocenters. The summed E-state index contributed by atoms with van der Waals surface area (Å²) in [5.74, 6) is 0.834. The van der Waals surface area contributed by atoms with Gasteiger partial charge in [-0.1, -0.05) is 25.7 Å². The topological polar surface area (TPSA) is 41.1 Å². The van der Waals surface area contributed by atoms with Gasteiger partial charge in [0.25, 0.3) is 0 Å². The molecule has 1 amide bonds. The lowest BCUT2D eigenvalue weighted by Crippen LogP contribution is -2.52. The molecular weight excluding hydrogens is 236 g/mol. The predicted octanol–water partition coefficient (Wildman–Crippen LogP) is 3.24. The van der Waals surface area contributed by atoms with Crippen LogP contribution in [0.4, 0.5) is 0 Å². The number of carbonyl (C=O) groups excluding carboxylic acids is 1. The summed E-state index contributed by atoms with van der Waals surface area (Å²) in [6.45, 7) is 10.3. The molecule has 2 atom stereocenters. The van der Waals surface area contributed by atoms with Crippen molar-refractivity contribution in [1.82, 2.24) is 10.6 Å². The van der Waals surface area contributed by atoms with E-state index in [4.69, 9.17) is 0 Å². The van der Waals surface area contributed by atoms with Crippen LogP contribution in [-0.2, 0) is 4.79 Å². The van der Waals surface area contributed by atoms with Gasteiger partial charge in [-0.25, -0.2) is 0 Å². The van der Waals surface area contributed by atoms with Crippen molar-refractivity contribution in [2.24, 2.45) is 5.92 Å². The number of carbonyl (C=O) groups is 1. The Bertz CT molecular complexity index is 275. The van der Waals surface area contributed by atoms with Crippen molar-refractivity contribution >= 4 is 5.91 Å². The van der Waals surface area contributed by atoms with Crippen LogP contribution in [0.2, 0.25) is 0 Å². The summed E-state index contributed by atoms with van der Waals surface area (Å²) in [7, 11) is 0. The van der Waals surface area contributed by atoms with E-state index < -0.39 is 0 Å². The summed E-state index contributed by atoms with van der Waals surface area (Å²) in [5.41, 5.74) is -0.154. The second-order valence-corrected chi connectivity index (χ2v) is 7.17. The summed E-state index contributed by atoms with van der Waals surface area (Å²) < 4.78 is 0. The lowest BCUT2D eigenvalue weighted by atomic mass is 9.92. The molecule has 0 spiro atoms. The zero-order chi connectivity index (χ0) is 14.5. The van der Waals surface area contributed by atoms with Gasteiger partial charge in [0.15, 0.2) is 0 Å². The molecular formula is C16H32N2O. The highest BCUT2D eigenvalue weighted by Crippen LogP contribution is 2.25. The molecule has 0 heterocycles. The van der Waals surface area contributed by atoms with Gasteiger partial charge in [0.2, 0.25) is 5.91 Å². The number of hydrogen-bond donors (Lipinski definition) is 2. The first kappa shape index (κ1) is 16.5. The molecule has 0 saturated heterocycles. The van der Waals surface area contributed by atoms with Gasteiger partial charge in [-0.3, -0.25) is 4.79 Å². The van der Waals surface area contributed by atoms with Crippen molar-refractivity contribution in [3.05, 3.63) is 0 Å². The van der Waals surface area contributed by atoms with E-state index >= 15 is 0 Å². The van der Waals surface area contributed by atoms with Gasteiger partial charge >= 0.3 is 0 Å². The first-order chi connectivity index (χ1) is 8.79. The Morgan fingerprint density at radius 3 is 2.05 bits per heavy atom. The summed E-state index contributed by atoms with van der Waals surface area (Å²) in [6, 6.07) is 0.316. The fourth-order valence-electron chi connectivity index (χ4n) is 2.89. The minimum Gasteiger partial charge on any atom is -0.350 e. The zero-order valence-electron chi connectivity index (χ0n) is 13.4. The van der Waals surface area contributed by atoms with Crippen molar-refractivity contribution in [2.75, 3.05) is 0 Å². The Labute approximate surface area is 118 Å². The van der Waals surface area contributed by atoms with Crippen LogP contribution in [0.15, 0.2) is 0 Å². The highest BCUT2D eigenvalue weighted by Gasteiger charge is 2.24. The second kappa shape index (κ2) is 7.28. The van der Waals surface area contributed by atoms with E-state index in [-0.39, 0.29) is 17.5 Å². The zero-order valence-corrected chi connectivity index (χ0v) is 13.4. The van der Waals surface area contributed by atoms with Crippen LogP contribution < -0.4 is 10.6 Å². The highest BCUT2D eigenvalue weighted by atomic mass is 16.2. The Balaban J connectivity index is 2.41. The van der Waals surface area contributed by atoms with Gasteiger partial charge in [-0.15, -0.1) is 0 Å². The highest BCUT2D eigenvalue weighted by molar-refractivity contribution is 5.81. The number of rotatable bonds is 4. The first-order valence-corrected chi connectivity index (χ1v) is 7.87. The quantitative estimate of drug-likeness (QED) is 0.769. The molecule has 1 aliphatic rings. The molecule has 3 nitrogen and oxygen atoms in total. The smallest absolute Gasteiger partial charge is 0.237 e. The van der Waals surface area contributed by atoms with Crippen LogP contribution in [-0.4, -0.2) is 23.5 Å². The van der Waals surface area contributed by atoms with Crippen LogP contribution in [0, 0.1) is 5.92 Å². The van der Waals surface area contributed by atoms with Crippen molar-refractivity contribution < 1.29 is 4.79 Å². The van der Waals surface area contributed by atoms with Crippen LogP contribution in [0.3, 0.4) is 0 Å². The van der Waals surface area contributed by atoms with Gasteiger partial charge < -0.3 is 10.6 Å². The largest absolute Gasteiger partial charge is 0.350 e. The standard InChI is InChI=1S/C16H32N2O/c1-12(14-10-8-6-7-9-11-14)17-13(2)15(19)18-16(3,4)5/h12-14,17H,6-11H2,1-5H3,(H,18,19)/t12-,13?/m1/s1. The van der Waals surface area contributed by atoms with E-state index in [0.717, 1.165) is 5.92 Å². The maximum Gasteiger partial charge on any atom is 0.237 e. The molecule has 19 heavy (non-hydrogen) atoms. The van der Waals surface area contributed by atoms with Gasteiger partial charge in [-0.2, -0.15) is 0 Å². The van der Waals surface area contributed by atoms with Gasteiger partial charge in [0.1, 0.15) is 0 Å². The SMILES string of the molecule is CC(N[C@H](C)C1CCCCCC1)C(=O)NC(C)(C)C. The van der Waals surface area contributed by atoms with Crippen LogP contribution in [0.1, 0.15) is 73.1 Å². The lowest BCUT2D eigenvalue weighted by Gasteiger charge is -2.29. The molecule has 1 saturated carbocycles. The lowest BCUT2D eigenvalue weighted by molar-refractivity contribution is -0.124. The summed E-state index contributed by atoms with van der Waals surface area (Å²) in [5, 5.41) is 6.53.